The second-order valence-corrected chi connectivity index (χ2v) is 17.0. The van der Waals surface area contributed by atoms with Gasteiger partial charge in [0, 0.05) is 19.3 Å². The lowest BCUT2D eigenvalue weighted by atomic mass is 10.0. The molecular formula is C56H96O6. The van der Waals surface area contributed by atoms with Crippen LogP contribution in [0, 0.1) is 0 Å². The fourth-order valence-corrected chi connectivity index (χ4v) is 7.12. The molecular weight excluding hydrogens is 769 g/mol. The molecule has 0 saturated carbocycles. The molecule has 0 heterocycles. The monoisotopic (exact) mass is 865 g/mol. The van der Waals surface area contributed by atoms with E-state index in [-0.39, 0.29) is 31.1 Å². The van der Waals surface area contributed by atoms with Crippen LogP contribution in [-0.2, 0) is 28.6 Å². The van der Waals surface area contributed by atoms with E-state index in [1.165, 1.54) is 89.9 Å². The van der Waals surface area contributed by atoms with Crippen LogP contribution in [0.25, 0.3) is 0 Å². The molecule has 0 fully saturated rings. The van der Waals surface area contributed by atoms with Crippen molar-refractivity contribution in [1.82, 2.24) is 0 Å². The highest BCUT2D eigenvalue weighted by molar-refractivity contribution is 5.71. The average molecular weight is 865 g/mol. The van der Waals surface area contributed by atoms with E-state index in [0.29, 0.717) is 19.3 Å². The van der Waals surface area contributed by atoms with E-state index < -0.39 is 6.10 Å². The first-order valence-corrected chi connectivity index (χ1v) is 25.9. The second kappa shape index (κ2) is 50.5. The summed E-state index contributed by atoms with van der Waals surface area (Å²) in [5.41, 5.74) is 0. The van der Waals surface area contributed by atoms with Crippen LogP contribution in [0.2, 0.25) is 0 Å². The number of hydrogen-bond donors (Lipinski definition) is 0. The summed E-state index contributed by atoms with van der Waals surface area (Å²) < 4.78 is 16.8. The SMILES string of the molecule is CC/C=C\C/C=C\C/C=C\CCCCCCCCC(=O)OCC(COC(=O)CCCCCCCCCCCCCCCC)OC(=O)CCCCCC/C=C\C/C=C\C/C=C\CC. The number of hydrogen-bond acceptors (Lipinski definition) is 6. The van der Waals surface area contributed by atoms with E-state index in [0.717, 1.165) is 116 Å². The molecule has 0 spiro atoms. The Hall–Kier alpha value is -3.15. The maximum atomic E-state index is 12.8. The number of ether oxygens (including phenoxy) is 3. The molecule has 0 aliphatic rings. The van der Waals surface area contributed by atoms with E-state index in [1.807, 2.05) is 0 Å². The lowest BCUT2D eigenvalue weighted by Crippen LogP contribution is -2.30. The van der Waals surface area contributed by atoms with Crippen LogP contribution >= 0.6 is 0 Å². The predicted octanol–water partition coefficient (Wildman–Crippen LogP) is 17.0. The van der Waals surface area contributed by atoms with Crippen LogP contribution < -0.4 is 0 Å². The average Bonchev–Trinajstić information content (AvgIpc) is 3.27. The highest BCUT2D eigenvalue weighted by Crippen LogP contribution is 2.15. The van der Waals surface area contributed by atoms with Gasteiger partial charge in [0.05, 0.1) is 0 Å². The molecule has 1 atom stereocenters. The summed E-state index contributed by atoms with van der Waals surface area (Å²) in [5.74, 6) is -0.920. The quantitative estimate of drug-likeness (QED) is 0.0262. The lowest BCUT2D eigenvalue weighted by Gasteiger charge is -2.18. The molecule has 6 nitrogen and oxygen atoms in total. The third kappa shape index (κ3) is 47.9. The molecule has 62 heavy (non-hydrogen) atoms. The number of unbranched alkanes of at least 4 members (excludes halogenated alkanes) is 23. The van der Waals surface area contributed by atoms with Gasteiger partial charge in [-0.25, -0.2) is 0 Å². The summed E-state index contributed by atoms with van der Waals surface area (Å²) in [4.78, 5) is 38.0. The number of esters is 3. The minimum Gasteiger partial charge on any atom is -0.462 e. The molecule has 0 saturated heterocycles. The molecule has 0 aromatic rings. The molecule has 0 bridgehead atoms. The summed E-state index contributed by atoms with van der Waals surface area (Å²) in [7, 11) is 0. The molecule has 6 heteroatoms. The Morgan fingerprint density at radius 2 is 0.629 bits per heavy atom. The topological polar surface area (TPSA) is 78.9 Å². The van der Waals surface area contributed by atoms with Gasteiger partial charge in [-0.2, -0.15) is 0 Å². The molecule has 0 aromatic carbocycles. The summed E-state index contributed by atoms with van der Waals surface area (Å²) in [6, 6.07) is 0. The van der Waals surface area contributed by atoms with Gasteiger partial charge in [0.25, 0.3) is 0 Å². The maximum absolute atomic E-state index is 12.8. The smallest absolute Gasteiger partial charge is 0.306 e. The Morgan fingerprint density at radius 3 is 0.984 bits per heavy atom. The van der Waals surface area contributed by atoms with Gasteiger partial charge in [-0.05, 0) is 83.5 Å². The van der Waals surface area contributed by atoms with Crippen LogP contribution in [0.5, 0.6) is 0 Å². The number of allylic oxidation sites excluding steroid dienone is 12. The van der Waals surface area contributed by atoms with Crippen molar-refractivity contribution < 1.29 is 28.6 Å². The Balaban J connectivity index is 4.42. The minimum absolute atomic E-state index is 0.0873. The van der Waals surface area contributed by atoms with Crippen LogP contribution in [0.15, 0.2) is 72.9 Å². The zero-order valence-electron chi connectivity index (χ0n) is 40.6. The van der Waals surface area contributed by atoms with Crippen molar-refractivity contribution in [2.45, 2.75) is 252 Å². The minimum atomic E-state index is -0.790. The molecule has 0 N–H and O–H groups in total. The van der Waals surface area contributed by atoms with Crippen LogP contribution in [0.3, 0.4) is 0 Å². The molecule has 0 amide bonds. The van der Waals surface area contributed by atoms with Gasteiger partial charge in [-0.1, -0.05) is 216 Å². The number of carbonyl (C=O) groups excluding carboxylic acids is 3. The standard InChI is InChI=1S/C56H96O6/c1-4-7-10-13-16-19-22-25-28-29-32-34-37-40-43-46-49-55(58)61-52-53(62-56(59)50-47-44-41-38-35-31-27-24-21-18-15-12-9-6-3)51-60-54(57)48-45-42-39-36-33-30-26-23-20-17-14-11-8-5-2/h7,9-10,12,16,18-19,21,25,27-28,31,53H,4-6,8,11,13-15,17,20,22-24,26,29-30,32-52H2,1-3H3/b10-7-,12-9-,19-16-,21-18-,28-25-,31-27-. The van der Waals surface area contributed by atoms with E-state index >= 15 is 0 Å². The van der Waals surface area contributed by atoms with Crippen LogP contribution in [-0.4, -0.2) is 37.2 Å². The third-order valence-corrected chi connectivity index (χ3v) is 11.0. The number of carbonyl (C=O) groups is 3. The molecule has 1 unspecified atom stereocenters. The first-order chi connectivity index (χ1) is 30.5. The van der Waals surface area contributed by atoms with Gasteiger partial charge < -0.3 is 14.2 Å². The van der Waals surface area contributed by atoms with Crippen molar-refractivity contribution in [2.75, 3.05) is 13.2 Å². The summed E-state index contributed by atoms with van der Waals surface area (Å²) in [6.07, 6.45) is 63.1. The fourth-order valence-electron chi connectivity index (χ4n) is 7.12. The van der Waals surface area contributed by atoms with Gasteiger partial charge in [0.1, 0.15) is 13.2 Å². The molecule has 0 rings (SSSR count). The second-order valence-electron chi connectivity index (χ2n) is 17.0. The molecule has 0 aliphatic heterocycles. The highest BCUT2D eigenvalue weighted by atomic mass is 16.6. The predicted molar refractivity (Wildman–Crippen MR) is 265 cm³/mol. The van der Waals surface area contributed by atoms with Gasteiger partial charge >= 0.3 is 17.9 Å². The maximum Gasteiger partial charge on any atom is 0.306 e. The highest BCUT2D eigenvalue weighted by Gasteiger charge is 2.19. The van der Waals surface area contributed by atoms with E-state index in [1.54, 1.807) is 0 Å². The van der Waals surface area contributed by atoms with E-state index in [2.05, 4.69) is 93.7 Å². The molecule has 356 valence electrons. The molecule has 0 aliphatic carbocycles. The fraction of sp³-hybridized carbons (Fsp3) is 0.732. The normalized spacial score (nSPS) is 12.6. The van der Waals surface area contributed by atoms with Crippen molar-refractivity contribution in [2.24, 2.45) is 0 Å². The first-order valence-electron chi connectivity index (χ1n) is 25.9. The van der Waals surface area contributed by atoms with Crippen molar-refractivity contribution in [3.05, 3.63) is 72.9 Å². The van der Waals surface area contributed by atoms with Gasteiger partial charge in [-0.3, -0.25) is 14.4 Å². The Labute approximate surface area is 382 Å². The number of rotatable bonds is 46. The van der Waals surface area contributed by atoms with Crippen LogP contribution in [0.1, 0.15) is 245 Å². The van der Waals surface area contributed by atoms with Crippen molar-refractivity contribution in [3.63, 3.8) is 0 Å². The zero-order valence-corrected chi connectivity index (χ0v) is 40.6. The van der Waals surface area contributed by atoms with Gasteiger partial charge in [0.15, 0.2) is 6.10 Å². The Morgan fingerprint density at radius 1 is 0.339 bits per heavy atom. The molecule has 0 radical (unpaired) electrons. The molecule has 0 aromatic heterocycles. The van der Waals surface area contributed by atoms with Crippen molar-refractivity contribution in [1.29, 1.82) is 0 Å². The largest absolute Gasteiger partial charge is 0.462 e. The van der Waals surface area contributed by atoms with Crippen molar-refractivity contribution in [3.8, 4) is 0 Å². The Bertz CT molecular complexity index is 1180. The zero-order chi connectivity index (χ0) is 45.1. The summed E-state index contributed by atoms with van der Waals surface area (Å²) in [5, 5.41) is 0. The van der Waals surface area contributed by atoms with E-state index in [9.17, 15) is 14.4 Å². The van der Waals surface area contributed by atoms with Crippen molar-refractivity contribution >= 4 is 17.9 Å². The lowest BCUT2D eigenvalue weighted by molar-refractivity contribution is -0.167. The van der Waals surface area contributed by atoms with Gasteiger partial charge in [0.2, 0.25) is 0 Å². The summed E-state index contributed by atoms with van der Waals surface area (Å²) >= 11 is 0. The third-order valence-electron chi connectivity index (χ3n) is 11.0. The van der Waals surface area contributed by atoms with Gasteiger partial charge in [-0.15, -0.1) is 0 Å². The first kappa shape index (κ1) is 58.9. The summed E-state index contributed by atoms with van der Waals surface area (Å²) in [6.45, 7) is 6.39. The Kier molecular flexibility index (Phi) is 47.9. The van der Waals surface area contributed by atoms with Crippen LogP contribution in [0.4, 0.5) is 0 Å². The van der Waals surface area contributed by atoms with E-state index in [4.69, 9.17) is 14.2 Å².